The van der Waals surface area contributed by atoms with Gasteiger partial charge < -0.3 is 15.0 Å². The van der Waals surface area contributed by atoms with Crippen molar-refractivity contribution in [3.8, 4) is 5.75 Å². The summed E-state index contributed by atoms with van der Waals surface area (Å²) < 4.78 is 5.63. The molecule has 1 aliphatic carbocycles. The topological polar surface area (TPSA) is 58.6 Å². The van der Waals surface area contributed by atoms with E-state index in [-0.39, 0.29) is 17.7 Å². The molecule has 152 valence electrons. The Kier molecular flexibility index (Phi) is 6.13. The number of carbonyl (C=O) groups excluding carboxylic acids is 2. The first kappa shape index (κ1) is 19.5. The summed E-state index contributed by atoms with van der Waals surface area (Å²) in [6.07, 6.45) is 5.43. The van der Waals surface area contributed by atoms with Crippen molar-refractivity contribution in [3.63, 3.8) is 0 Å². The lowest BCUT2D eigenvalue weighted by Gasteiger charge is -2.32. The molecule has 0 bridgehead atoms. The number of nitrogens with one attached hydrogen (secondary N) is 1. The highest BCUT2D eigenvalue weighted by molar-refractivity contribution is 5.93. The molecule has 1 aliphatic heterocycles. The number of hydrogen-bond donors (Lipinski definition) is 1. The van der Waals surface area contributed by atoms with Gasteiger partial charge in [0.15, 0.2) is 0 Å². The van der Waals surface area contributed by atoms with Gasteiger partial charge in [0.25, 0.3) is 0 Å². The van der Waals surface area contributed by atoms with Gasteiger partial charge in [0.05, 0.1) is 18.9 Å². The summed E-state index contributed by atoms with van der Waals surface area (Å²) in [5, 5.41) is 3.06. The van der Waals surface area contributed by atoms with E-state index in [4.69, 9.17) is 4.74 Å². The van der Waals surface area contributed by atoms with E-state index in [1.807, 2.05) is 41.3 Å². The molecule has 0 radical (unpaired) electrons. The molecule has 1 saturated heterocycles. The highest BCUT2D eigenvalue weighted by Gasteiger charge is 2.28. The SMILES string of the molecule is O=C(Nc1ccc2c(c1)CCC2)C1CCCN(C(=O)CCOc2ccccc2)C1. The fourth-order valence-electron chi connectivity index (χ4n) is 4.24. The van der Waals surface area contributed by atoms with E-state index >= 15 is 0 Å². The van der Waals surface area contributed by atoms with Gasteiger partial charge in [-0.1, -0.05) is 24.3 Å². The molecule has 1 fully saturated rings. The molecule has 1 atom stereocenters. The minimum Gasteiger partial charge on any atom is -0.493 e. The largest absolute Gasteiger partial charge is 0.493 e. The van der Waals surface area contributed by atoms with Gasteiger partial charge in [0.2, 0.25) is 11.8 Å². The van der Waals surface area contributed by atoms with Gasteiger partial charge in [-0.3, -0.25) is 9.59 Å². The number of amides is 2. The summed E-state index contributed by atoms with van der Waals surface area (Å²) in [7, 11) is 0. The van der Waals surface area contributed by atoms with Crippen LogP contribution in [0.25, 0.3) is 0 Å². The van der Waals surface area contributed by atoms with Crippen LogP contribution < -0.4 is 10.1 Å². The summed E-state index contributed by atoms with van der Waals surface area (Å²) in [6, 6.07) is 15.7. The average molecular weight is 392 g/mol. The van der Waals surface area contributed by atoms with E-state index in [0.717, 1.165) is 37.1 Å². The van der Waals surface area contributed by atoms with E-state index in [2.05, 4.69) is 17.4 Å². The Morgan fingerprint density at radius 1 is 1.03 bits per heavy atom. The fraction of sp³-hybridized carbons (Fsp3) is 0.417. The number of aryl methyl sites for hydroxylation is 2. The summed E-state index contributed by atoms with van der Waals surface area (Å²) in [6.45, 7) is 1.55. The molecular weight excluding hydrogens is 364 g/mol. The monoisotopic (exact) mass is 392 g/mol. The first-order chi connectivity index (χ1) is 14.2. The van der Waals surface area contributed by atoms with Crippen molar-refractivity contribution in [2.24, 2.45) is 5.92 Å². The number of benzene rings is 2. The van der Waals surface area contributed by atoms with Gasteiger partial charge in [-0.05, 0) is 67.5 Å². The van der Waals surface area contributed by atoms with Crippen molar-refractivity contribution >= 4 is 17.5 Å². The van der Waals surface area contributed by atoms with Crippen molar-refractivity contribution in [2.45, 2.75) is 38.5 Å². The number of piperidine rings is 1. The maximum Gasteiger partial charge on any atom is 0.229 e. The first-order valence-electron chi connectivity index (χ1n) is 10.6. The van der Waals surface area contributed by atoms with Crippen LogP contribution in [0.3, 0.4) is 0 Å². The molecule has 5 heteroatoms. The molecular formula is C24H28N2O3. The van der Waals surface area contributed by atoms with Crippen LogP contribution >= 0.6 is 0 Å². The van der Waals surface area contributed by atoms with Crippen LogP contribution in [-0.2, 0) is 22.4 Å². The van der Waals surface area contributed by atoms with Gasteiger partial charge >= 0.3 is 0 Å². The summed E-state index contributed by atoms with van der Waals surface area (Å²) in [4.78, 5) is 27.1. The molecule has 0 saturated carbocycles. The Bertz CT molecular complexity index is 866. The zero-order valence-electron chi connectivity index (χ0n) is 16.7. The third-order valence-corrected chi connectivity index (χ3v) is 5.84. The Balaban J connectivity index is 1.27. The standard InChI is InChI=1S/C24H28N2O3/c27-23(13-15-29-22-9-2-1-3-10-22)26-14-5-8-20(17-26)24(28)25-21-12-11-18-6-4-7-19(18)16-21/h1-3,9-12,16,20H,4-8,13-15,17H2,(H,25,28). The number of likely N-dealkylation sites (tertiary alicyclic amines) is 1. The van der Waals surface area contributed by atoms with Gasteiger partial charge in [-0.2, -0.15) is 0 Å². The minimum absolute atomic E-state index is 0.0148. The van der Waals surface area contributed by atoms with Crippen LogP contribution in [0.5, 0.6) is 5.75 Å². The summed E-state index contributed by atoms with van der Waals surface area (Å²) >= 11 is 0. The predicted molar refractivity (Wildman–Crippen MR) is 113 cm³/mol. The molecule has 0 spiro atoms. The lowest BCUT2D eigenvalue weighted by molar-refractivity contribution is -0.135. The van der Waals surface area contributed by atoms with Crippen LogP contribution in [0.2, 0.25) is 0 Å². The van der Waals surface area contributed by atoms with E-state index in [0.29, 0.717) is 26.1 Å². The Hall–Kier alpha value is -2.82. The number of hydrogen-bond acceptors (Lipinski definition) is 3. The van der Waals surface area contributed by atoms with Crippen molar-refractivity contribution in [1.29, 1.82) is 0 Å². The highest BCUT2D eigenvalue weighted by Crippen LogP contribution is 2.26. The molecule has 1 N–H and O–H groups in total. The molecule has 2 amide bonds. The Labute approximate surface area is 172 Å². The number of ether oxygens (including phenoxy) is 1. The third-order valence-electron chi connectivity index (χ3n) is 5.84. The van der Waals surface area contributed by atoms with Crippen LogP contribution in [-0.4, -0.2) is 36.4 Å². The second-order valence-corrected chi connectivity index (χ2v) is 7.92. The fourth-order valence-corrected chi connectivity index (χ4v) is 4.24. The zero-order valence-corrected chi connectivity index (χ0v) is 16.7. The number of carbonyl (C=O) groups is 2. The summed E-state index contributed by atoms with van der Waals surface area (Å²) in [5.41, 5.74) is 3.62. The van der Waals surface area contributed by atoms with Crippen molar-refractivity contribution in [3.05, 3.63) is 59.7 Å². The van der Waals surface area contributed by atoms with E-state index in [1.165, 1.54) is 17.5 Å². The third kappa shape index (κ3) is 4.97. The Morgan fingerprint density at radius 2 is 1.86 bits per heavy atom. The molecule has 2 aliphatic rings. The molecule has 2 aromatic carbocycles. The average Bonchev–Trinajstić information content (AvgIpc) is 3.22. The molecule has 5 nitrogen and oxygen atoms in total. The van der Waals surface area contributed by atoms with E-state index in [9.17, 15) is 9.59 Å². The van der Waals surface area contributed by atoms with Crippen LogP contribution in [0.4, 0.5) is 5.69 Å². The molecule has 1 unspecified atom stereocenters. The second-order valence-electron chi connectivity index (χ2n) is 7.92. The second kappa shape index (κ2) is 9.12. The number of para-hydroxylation sites is 1. The number of rotatable bonds is 6. The van der Waals surface area contributed by atoms with Crippen molar-refractivity contribution < 1.29 is 14.3 Å². The van der Waals surface area contributed by atoms with E-state index < -0.39 is 0 Å². The molecule has 1 heterocycles. The van der Waals surface area contributed by atoms with E-state index in [1.54, 1.807) is 0 Å². The predicted octanol–water partition coefficient (Wildman–Crippen LogP) is 3.82. The maximum absolute atomic E-state index is 12.8. The van der Waals surface area contributed by atoms with Gasteiger partial charge in [-0.15, -0.1) is 0 Å². The molecule has 29 heavy (non-hydrogen) atoms. The van der Waals surface area contributed by atoms with Gasteiger partial charge in [-0.25, -0.2) is 0 Å². The quantitative estimate of drug-likeness (QED) is 0.813. The minimum atomic E-state index is -0.156. The molecule has 0 aromatic heterocycles. The first-order valence-corrected chi connectivity index (χ1v) is 10.6. The number of fused-ring (bicyclic) bond motifs is 1. The van der Waals surface area contributed by atoms with Crippen molar-refractivity contribution in [2.75, 3.05) is 25.0 Å². The van der Waals surface area contributed by atoms with Gasteiger partial charge in [0, 0.05) is 18.8 Å². The zero-order chi connectivity index (χ0) is 20.1. The Morgan fingerprint density at radius 3 is 2.72 bits per heavy atom. The number of anilines is 1. The maximum atomic E-state index is 12.8. The van der Waals surface area contributed by atoms with Crippen LogP contribution in [0.15, 0.2) is 48.5 Å². The lowest BCUT2D eigenvalue weighted by atomic mass is 9.96. The number of nitrogens with zero attached hydrogens (tertiary/aromatic N) is 1. The molecule has 2 aromatic rings. The highest BCUT2D eigenvalue weighted by atomic mass is 16.5. The normalized spacial score (nSPS) is 18.2. The lowest BCUT2D eigenvalue weighted by Crippen LogP contribution is -2.44. The summed E-state index contributed by atoms with van der Waals surface area (Å²) in [5.74, 6) is 0.679. The van der Waals surface area contributed by atoms with Crippen LogP contribution in [0, 0.1) is 5.92 Å². The van der Waals surface area contributed by atoms with Gasteiger partial charge in [0.1, 0.15) is 5.75 Å². The van der Waals surface area contributed by atoms with Crippen LogP contribution in [0.1, 0.15) is 36.8 Å². The van der Waals surface area contributed by atoms with Crippen molar-refractivity contribution in [1.82, 2.24) is 4.90 Å². The molecule has 4 rings (SSSR count). The smallest absolute Gasteiger partial charge is 0.229 e.